The molecule has 3 N–H and O–H groups in total. The van der Waals surface area contributed by atoms with Crippen LogP contribution in [0.3, 0.4) is 0 Å². The third-order valence-corrected chi connectivity index (χ3v) is 3.64. The van der Waals surface area contributed by atoms with Crippen LogP contribution in [0.5, 0.6) is 0 Å². The lowest BCUT2D eigenvalue weighted by atomic mass is 10.0. The Morgan fingerprint density at radius 3 is 2.94 bits per heavy atom. The van der Waals surface area contributed by atoms with Crippen molar-refractivity contribution in [3.8, 4) is 0 Å². The summed E-state index contributed by atoms with van der Waals surface area (Å²) in [5, 5.41) is 0.680. The smallest absolute Gasteiger partial charge is 0.115 e. The summed E-state index contributed by atoms with van der Waals surface area (Å²) in [7, 11) is 0. The van der Waals surface area contributed by atoms with Crippen molar-refractivity contribution < 1.29 is 4.74 Å². The van der Waals surface area contributed by atoms with Crippen molar-refractivity contribution in [3.05, 3.63) is 45.1 Å². The van der Waals surface area contributed by atoms with E-state index in [0.29, 0.717) is 5.02 Å². The van der Waals surface area contributed by atoms with Gasteiger partial charge >= 0.3 is 0 Å². The standard InChI is InChI=1S/C12H14BrClN2O/c13-10-5-4-8(14)7-9(10)12(16-15)11-3-1-2-6-17-11/h3-5,7,12,16H,1-2,6,15H2. The van der Waals surface area contributed by atoms with Gasteiger partial charge in [0.05, 0.1) is 6.61 Å². The van der Waals surface area contributed by atoms with Crippen molar-refractivity contribution in [3.63, 3.8) is 0 Å². The zero-order chi connectivity index (χ0) is 12.3. The Labute approximate surface area is 114 Å². The van der Waals surface area contributed by atoms with E-state index in [1.54, 1.807) is 0 Å². The highest BCUT2D eigenvalue weighted by molar-refractivity contribution is 9.10. The SMILES string of the molecule is NNC(C1=CCCCO1)c1cc(Cl)ccc1Br. The Bertz CT molecular complexity index is 437. The Kier molecular flexibility index (Phi) is 4.45. The summed E-state index contributed by atoms with van der Waals surface area (Å²) in [6.45, 7) is 0.738. The highest BCUT2D eigenvalue weighted by atomic mass is 79.9. The van der Waals surface area contributed by atoms with Crippen molar-refractivity contribution in [2.45, 2.75) is 18.9 Å². The van der Waals surface area contributed by atoms with Crippen molar-refractivity contribution in [1.82, 2.24) is 5.43 Å². The van der Waals surface area contributed by atoms with Crippen molar-refractivity contribution >= 4 is 27.5 Å². The van der Waals surface area contributed by atoms with Gasteiger partial charge in [-0.05, 0) is 42.7 Å². The number of allylic oxidation sites excluding steroid dienone is 1. The molecule has 0 bridgehead atoms. The number of halogens is 2. The number of ether oxygens (including phenoxy) is 1. The fraction of sp³-hybridized carbons (Fsp3) is 0.333. The summed E-state index contributed by atoms with van der Waals surface area (Å²) in [6, 6.07) is 5.46. The third-order valence-electron chi connectivity index (χ3n) is 2.68. The molecule has 1 aliphatic rings. The summed E-state index contributed by atoms with van der Waals surface area (Å²) < 4.78 is 6.59. The van der Waals surface area contributed by atoms with Gasteiger partial charge in [0.2, 0.25) is 0 Å². The number of benzene rings is 1. The average Bonchev–Trinajstić information content (AvgIpc) is 2.36. The number of nitrogens with one attached hydrogen (secondary N) is 1. The van der Waals surface area contributed by atoms with Crippen LogP contribution in [0, 0.1) is 0 Å². The zero-order valence-corrected chi connectivity index (χ0v) is 11.6. The topological polar surface area (TPSA) is 47.3 Å². The van der Waals surface area contributed by atoms with Crippen LogP contribution in [0.1, 0.15) is 24.4 Å². The summed E-state index contributed by atoms with van der Waals surface area (Å²) >= 11 is 9.51. The van der Waals surface area contributed by atoms with Crippen LogP contribution in [-0.4, -0.2) is 6.61 Å². The molecular formula is C12H14BrClN2O. The first-order valence-electron chi connectivity index (χ1n) is 5.46. The van der Waals surface area contributed by atoms with E-state index < -0.39 is 0 Å². The van der Waals surface area contributed by atoms with Gasteiger partial charge < -0.3 is 4.74 Å². The van der Waals surface area contributed by atoms with Crippen LogP contribution < -0.4 is 11.3 Å². The molecule has 92 valence electrons. The van der Waals surface area contributed by atoms with E-state index in [4.69, 9.17) is 22.2 Å². The molecule has 1 aliphatic heterocycles. The van der Waals surface area contributed by atoms with Crippen LogP contribution in [0.25, 0.3) is 0 Å². The molecule has 0 spiro atoms. The maximum Gasteiger partial charge on any atom is 0.115 e. The van der Waals surface area contributed by atoms with Crippen LogP contribution in [0.2, 0.25) is 5.02 Å². The Morgan fingerprint density at radius 1 is 1.47 bits per heavy atom. The van der Waals surface area contributed by atoms with Gasteiger partial charge in [-0.1, -0.05) is 27.5 Å². The molecule has 0 saturated carbocycles. The highest BCUT2D eigenvalue weighted by Crippen LogP contribution is 2.32. The second-order valence-electron chi connectivity index (χ2n) is 3.86. The molecule has 0 aromatic heterocycles. The molecule has 0 aliphatic carbocycles. The molecule has 2 rings (SSSR count). The van der Waals surface area contributed by atoms with E-state index in [1.807, 2.05) is 18.2 Å². The fourth-order valence-electron chi connectivity index (χ4n) is 1.84. The van der Waals surface area contributed by atoms with E-state index in [2.05, 4.69) is 27.4 Å². The van der Waals surface area contributed by atoms with E-state index >= 15 is 0 Å². The molecule has 3 nitrogen and oxygen atoms in total. The summed E-state index contributed by atoms with van der Waals surface area (Å²) in [4.78, 5) is 0. The molecule has 0 fully saturated rings. The molecule has 0 saturated heterocycles. The largest absolute Gasteiger partial charge is 0.496 e. The van der Waals surface area contributed by atoms with Gasteiger partial charge in [-0.3, -0.25) is 5.84 Å². The third kappa shape index (κ3) is 3.01. The molecule has 0 radical (unpaired) electrons. The van der Waals surface area contributed by atoms with Gasteiger partial charge in [0.15, 0.2) is 0 Å². The van der Waals surface area contributed by atoms with Gasteiger partial charge in [-0.2, -0.15) is 0 Å². The molecule has 1 heterocycles. The minimum atomic E-state index is -0.164. The predicted octanol–water partition coefficient (Wildman–Crippen LogP) is 3.30. The lowest BCUT2D eigenvalue weighted by Crippen LogP contribution is -2.31. The Balaban J connectivity index is 2.34. The molecule has 5 heteroatoms. The van der Waals surface area contributed by atoms with E-state index in [0.717, 1.165) is 35.2 Å². The predicted molar refractivity (Wildman–Crippen MR) is 72.5 cm³/mol. The first-order chi connectivity index (χ1) is 8.22. The fourth-order valence-corrected chi connectivity index (χ4v) is 2.49. The number of nitrogens with two attached hydrogens (primary N) is 1. The first kappa shape index (κ1) is 12.9. The van der Waals surface area contributed by atoms with E-state index in [-0.39, 0.29) is 6.04 Å². The van der Waals surface area contributed by atoms with Crippen LogP contribution >= 0.6 is 27.5 Å². The lowest BCUT2D eigenvalue weighted by Gasteiger charge is -2.24. The quantitative estimate of drug-likeness (QED) is 0.664. The molecule has 1 aromatic carbocycles. The van der Waals surface area contributed by atoms with Crippen LogP contribution in [0.15, 0.2) is 34.5 Å². The Hall–Kier alpha value is -0.550. The van der Waals surface area contributed by atoms with Crippen LogP contribution in [-0.2, 0) is 4.74 Å². The second kappa shape index (κ2) is 5.87. The average molecular weight is 318 g/mol. The number of hydrogen-bond acceptors (Lipinski definition) is 3. The zero-order valence-electron chi connectivity index (χ0n) is 9.25. The second-order valence-corrected chi connectivity index (χ2v) is 5.15. The maximum atomic E-state index is 6.01. The van der Waals surface area contributed by atoms with Crippen molar-refractivity contribution in [2.75, 3.05) is 6.61 Å². The normalized spacial score (nSPS) is 17.2. The van der Waals surface area contributed by atoms with Crippen molar-refractivity contribution in [1.29, 1.82) is 0 Å². The summed E-state index contributed by atoms with van der Waals surface area (Å²) in [5.41, 5.74) is 3.75. The van der Waals surface area contributed by atoms with Crippen LogP contribution in [0.4, 0.5) is 0 Å². The monoisotopic (exact) mass is 316 g/mol. The summed E-state index contributed by atoms with van der Waals surface area (Å²) in [5.74, 6) is 6.48. The molecular weight excluding hydrogens is 304 g/mol. The Morgan fingerprint density at radius 2 is 2.29 bits per heavy atom. The number of hydrazine groups is 1. The molecule has 17 heavy (non-hydrogen) atoms. The molecule has 0 amide bonds. The van der Waals surface area contributed by atoms with Gasteiger partial charge in [-0.25, -0.2) is 5.43 Å². The van der Waals surface area contributed by atoms with E-state index in [9.17, 15) is 0 Å². The minimum absolute atomic E-state index is 0.164. The maximum absolute atomic E-state index is 6.01. The number of rotatable bonds is 3. The molecule has 1 aromatic rings. The lowest BCUT2D eigenvalue weighted by molar-refractivity contribution is 0.167. The first-order valence-corrected chi connectivity index (χ1v) is 6.63. The molecule has 1 atom stereocenters. The van der Waals surface area contributed by atoms with Crippen molar-refractivity contribution in [2.24, 2.45) is 5.84 Å². The van der Waals surface area contributed by atoms with Gasteiger partial charge in [0.1, 0.15) is 11.8 Å². The van der Waals surface area contributed by atoms with Gasteiger partial charge in [0, 0.05) is 9.50 Å². The summed E-state index contributed by atoms with van der Waals surface area (Å²) in [6.07, 6.45) is 4.14. The van der Waals surface area contributed by atoms with Gasteiger partial charge in [0.25, 0.3) is 0 Å². The van der Waals surface area contributed by atoms with Gasteiger partial charge in [-0.15, -0.1) is 0 Å². The molecule has 1 unspecified atom stereocenters. The van der Waals surface area contributed by atoms with E-state index in [1.165, 1.54) is 0 Å². The highest BCUT2D eigenvalue weighted by Gasteiger charge is 2.21. The number of hydrogen-bond donors (Lipinski definition) is 2. The minimum Gasteiger partial charge on any atom is -0.496 e.